The second-order valence-electron chi connectivity index (χ2n) is 5.35. The van der Waals surface area contributed by atoms with E-state index in [1.54, 1.807) is 11.3 Å². The van der Waals surface area contributed by atoms with Crippen molar-refractivity contribution in [3.05, 3.63) is 16.6 Å². The van der Waals surface area contributed by atoms with Crippen molar-refractivity contribution in [3.8, 4) is 0 Å². The van der Waals surface area contributed by atoms with Gasteiger partial charge in [-0.05, 0) is 50.7 Å². The fourth-order valence-electron chi connectivity index (χ4n) is 2.63. The Morgan fingerprint density at radius 3 is 3.22 bits per heavy atom. The lowest BCUT2D eigenvalue weighted by Crippen LogP contribution is -2.34. The quantitative estimate of drug-likeness (QED) is 0.744. The molecule has 102 valence electrons. The molecule has 1 aromatic rings. The fourth-order valence-corrected chi connectivity index (χ4v) is 3.23. The van der Waals surface area contributed by atoms with Gasteiger partial charge < -0.3 is 10.6 Å². The van der Waals surface area contributed by atoms with E-state index in [-0.39, 0.29) is 0 Å². The number of rotatable bonds is 7. The number of piperidine rings is 1. The highest BCUT2D eigenvalue weighted by atomic mass is 32.1. The average Bonchev–Trinajstić information content (AvgIpc) is 2.92. The van der Waals surface area contributed by atoms with Crippen molar-refractivity contribution >= 4 is 11.3 Å². The van der Waals surface area contributed by atoms with Crippen molar-refractivity contribution in [2.75, 3.05) is 26.2 Å². The maximum atomic E-state index is 4.29. The Morgan fingerprint density at radius 2 is 2.50 bits per heavy atom. The highest BCUT2D eigenvalue weighted by Gasteiger charge is 2.18. The van der Waals surface area contributed by atoms with Gasteiger partial charge in [0.05, 0.1) is 11.2 Å². The Bertz CT molecular complexity index is 307. The van der Waals surface area contributed by atoms with E-state index in [1.165, 1.54) is 38.0 Å². The van der Waals surface area contributed by atoms with E-state index < -0.39 is 0 Å². The van der Waals surface area contributed by atoms with Crippen LogP contribution in [0.5, 0.6) is 0 Å². The van der Waals surface area contributed by atoms with Gasteiger partial charge in [0.2, 0.25) is 0 Å². The van der Waals surface area contributed by atoms with Gasteiger partial charge in [0.25, 0.3) is 0 Å². The largest absolute Gasteiger partial charge is 0.316 e. The first-order valence-corrected chi connectivity index (χ1v) is 8.09. The molecule has 0 radical (unpaired) electrons. The summed E-state index contributed by atoms with van der Waals surface area (Å²) in [7, 11) is 0. The molecule has 1 aliphatic rings. The van der Waals surface area contributed by atoms with Gasteiger partial charge >= 0.3 is 0 Å². The van der Waals surface area contributed by atoms with Crippen molar-refractivity contribution < 1.29 is 0 Å². The molecule has 0 amide bonds. The van der Waals surface area contributed by atoms with Crippen LogP contribution in [0.3, 0.4) is 0 Å². The standard InChI is InChI=1S/C14H25N3S/c1-12(13-3-2-6-16-9-13)4-7-15-8-5-14-10-18-11-17-14/h10-13,15-16H,2-9H2,1H3. The SMILES string of the molecule is CC(CCNCCc1cscn1)C1CCCNC1. The van der Waals surface area contributed by atoms with Gasteiger partial charge in [-0.3, -0.25) is 0 Å². The smallest absolute Gasteiger partial charge is 0.0794 e. The van der Waals surface area contributed by atoms with E-state index in [4.69, 9.17) is 0 Å². The molecule has 1 fully saturated rings. The summed E-state index contributed by atoms with van der Waals surface area (Å²) in [6.45, 7) is 7.04. The van der Waals surface area contributed by atoms with E-state index >= 15 is 0 Å². The lowest BCUT2D eigenvalue weighted by Gasteiger charge is -2.28. The third-order valence-corrected chi connectivity index (χ3v) is 4.59. The summed E-state index contributed by atoms with van der Waals surface area (Å²) >= 11 is 1.68. The van der Waals surface area contributed by atoms with E-state index in [0.717, 1.165) is 31.3 Å². The molecular weight excluding hydrogens is 242 g/mol. The molecule has 1 saturated heterocycles. The predicted molar refractivity (Wildman–Crippen MR) is 78.1 cm³/mol. The maximum absolute atomic E-state index is 4.29. The second-order valence-corrected chi connectivity index (χ2v) is 6.07. The van der Waals surface area contributed by atoms with Gasteiger partial charge in [0, 0.05) is 18.3 Å². The summed E-state index contributed by atoms with van der Waals surface area (Å²) in [6.07, 6.45) is 5.12. The van der Waals surface area contributed by atoms with Crippen molar-refractivity contribution in [1.82, 2.24) is 15.6 Å². The van der Waals surface area contributed by atoms with Crippen LogP contribution in [0.15, 0.2) is 10.9 Å². The Balaban J connectivity index is 1.52. The van der Waals surface area contributed by atoms with Crippen LogP contribution in [0.25, 0.3) is 0 Å². The molecule has 0 aliphatic carbocycles. The zero-order valence-electron chi connectivity index (χ0n) is 11.3. The zero-order chi connectivity index (χ0) is 12.6. The lowest BCUT2D eigenvalue weighted by molar-refractivity contribution is 0.266. The number of aromatic nitrogens is 1. The maximum Gasteiger partial charge on any atom is 0.0794 e. The molecule has 2 N–H and O–H groups in total. The van der Waals surface area contributed by atoms with Crippen LogP contribution in [0.2, 0.25) is 0 Å². The van der Waals surface area contributed by atoms with E-state index in [2.05, 4.69) is 27.9 Å². The lowest BCUT2D eigenvalue weighted by atomic mass is 9.85. The molecule has 2 rings (SSSR count). The van der Waals surface area contributed by atoms with Crippen LogP contribution >= 0.6 is 11.3 Å². The Morgan fingerprint density at radius 1 is 1.56 bits per heavy atom. The highest BCUT2D eigenvalue weighted by molar-refractivity contribution is 7.07. The van der Waals surface area contributed by atoms with Crippen molar-refractivity contribution in [2.24, 2.45) is 11.8 Å². The van der Waals surface area contributed by atoms with Gasteiger partial charge in [-0.1, -0.05) is 6.92 Å². The van der Waals surface area contributed by atoms with E-state index in [1.807, 2.05) is 5.51 Å². The first kappa shape index (κ1) is 14.0. The van der Waals surface area contributed by atoms with Crippen LogP contribution in [-0.2, 0) is 6.42 Å². The van der Waals surface area contributed by atoms with Crippen LogP contribution in [-0.4, -0.2) is 31.2 Å². The van der Waals surface area contributed by atoms with Gasteiger partial charge in [-0.15, -0.1) is 11.3 Å². The summed E-state index contributed by atoms with van der Waals surface area (Å²) in [6, 6.07) is 0. The van der Waals surface area contributed by atoms with Crippen LogP contribution in [0.1, 0.15) is 31.9 Å². The normalized spacial score (nSPS) is 21.9. The van der Waals surface area contributed by atoms with Crippen molar-refractivity contribution in [3.63, 3.8) is 0 Å². The summed E-state index contributed by atoms with van der Waals surface area (Å²) in [4.78, 5) is 4.29. The molecule has 18 heavy (non-hydrogen) atoms. The minimum Gasteiger partial charge on any atom is -0.316 e. The molecule has 3 nitrogen and oxygen atoms in total. The van der Waals surface area contributed by atoms with Crippen molar-refractivity contribution in [1.29, 1.82) is 0 Å². The highest BCUT2D eigenvalue weighted by Crippen LogP contribution is 2.21. The first-order chi connectivity index (χ1) is 8.86. The number of thiazole rings is 1. The van der Waals surface area contributed by atoms with Gasteiger partial charge in [0.1, 0.15) is 0 Å². The molecule has 0 spiro atoms. The summed E-state index contributed by atoms with van der Waals surface area (Å²) in [5.41, 5.74) is 3.13. The summed E-state index contributed by atoms with van der Waals surface area (Å²) in [5.74, 6) is 1.73. The third kappa shape index (κ3) is 4.67. The first-order valence-electron chi connectivity index (χ1n) is 7.15. The molecule has 2 atom stereocenters. The minimum atomic E-state index is 0.838. The van der Waals surface area contributed by atoms with Crippen molar-refractivity contribution in [2.45, 2.75) is 32.6 Å². The Kier molecular flexibility index (Phi) is 6.11. The zero-order valence-corrected chi connectivity index (χ0v) is 12.1. The molecule has 0 bridgehead atoms. The number of hydrogen-bond acceptors (Lipinski definition) is 4. The number of hydrogen-bond donors (Lipinski definition) is 2. The summed E-state index contributed by atoms with van der Waals surface area (Å²) < 4.78 is 0. The minimum absolute atomic E-state index is 0.838. The Hall–Kier alpha value is -0.450. The van der Waals surface area contributed by atoms with Crippen LogP contribution < -0.4 is 10.6 Å². The molecule has 2 unspecified atom stereocenters. The number of nitrogens with one attached hydrogen (secondary N) is 2. The van der Waals surface area contributed by atoms with Gasteiger partial charge in [-0.2, -0.15) is 0 Å². The average molecular weight is 267 g/mol. The van der Waals surface area contributed by atoms with Gasteiger partial charge in [-0.25, -0.2) is 4.98 Å². The molecule has 1 aromatic heterocycles. The summed E-state index contributed by atoms with van der Waals surface area (Å²) in [5, 5.41) is 9.18. The van der Waals surface area contributed by atoms with Crippen LogP contribution in [0.4, 0.5) is 0 Å². The van der Waals surface area contributed by atoms with Gasteiger partial charge in [0.15, 0.2) is 0 Å². The molecule has 0 saturated carbocycles. The fraction of sp³-hybridized carbons (Fsp3) is 0.786. The monoisotopic (exact) mass is 267 g/mol. The Labute approximate surface area is 114 Å². The second kappa shape index (κ2) is 7.87. The number of nitrogens with zero attached hydrogens (tertiary/aromatic N) is 1. The van der Waals surface area contributed by atoms with E-state index in [0.29, 0.717) is 0 Å². The predicted octanol–water partition coefficient (Wildman–Crippen LogP) is 2.30. The topological polar surface area (TPSA) is 37.0 Å². The molecule has 2 heterocycles. The third-order valence-electron chi connectivity index (χ3n) is 3.96. The van der Waals surface area contributed by atoms with Crippen LogP contribution in [0, 0.1) is 11.8 Å². The molecule has 4 heteroatoms. The molecular formula is C14H25N3S. The molecule has 0 aromatic carbocycles. The van der Waals surface area contributed by atoms with E-state index in [9.17, 15) is 0 Å². The molecule has 1 aliphatic heterocycles.